The molecular weight excluding hydrogens is 326 g/mol. The molecule has 1 aromatic carbocycles. The second kappa shape index (κ2) is 8.90. The van der Waals surface area contributed by atoms with Crippen molar-refractivity contribution in [2.24, 2.45) is 0 Å². The highest BCUT2D eigenvalue weighted by Gasteiger charge is 2.21. The number of likely N-dealkylation sites (tertiary alicyclic amines) is 1. The van der Waals surface area contributed by atoms with Crippen molar-refractivity contribution in [1.29, 1.82) is 0 Å². The van der Waals surface area contributed by atoms with Gasteiger partial charge in [-0.2, -0.15) is 0 Å². The van der Waals surface area contributed by atoms with Gasteiger partial charge < -0.3 is 4.90 Å². The summed E-state index contributed by atoms with van der Waals surface area (Å²) in [6.45, 7) is 2.14. The Balaban J connectivity index is 0.00000192. The molecule has 3 rings (SSSR count). The predicted octanol–water partition coefficient (Wildman–Crippen LogP) is 4.87. The zero-order valence-electron chi connectivity index (χ0n) is 13.1. The summed E-state index contributed by atoms with van der Waals surface area (Å²) < 4.78 is 0. The van der Waals surface area contributed by atoms with Gasteiger partial charge in [-0.25, -0.2) is 0 Å². The zero-order valence-corrected chi connectivity index (χ0v) is 14.7. The van der Waals surface area contributed by atoms with E-state index in [9.17, 15) is 4.79 Å². The lowest BCUT2D eigenvalue weighted by Gasteiger charge is -2.24. The fourth-order valence-corrected chi connectivity index (χ4v) is 3.77. The Morgan fingerprint density at radius 1 is 1.04 bits per heavy atom. The summed E-state index contributed by atoms with van der Waals surface area (Å²) in [6.07, 6.45) is 7.52. The molecule has 0 saturated carbocycles. The highest BCUT2D eigenvalue weighted by atomic mass is 35.5. The van der Waals surface area contributed by atoms with Crippen molar-refractivity contribution in [2.75, 3.05) is 13.1 Å². The Kier molecular flexibility index (Phi) is 6.87. The summed E-state index contributed by atoms with van der Waals surface area (Å²) in [5, 5.41) is 2.03. The van der Waals surface area contributed by atoms with E-state index < -0.39 is 0 Å². The van der Waals surface area contributed by atoms with Gasteiger partial charge in [0.05, 0.1) is 5.92 Å². The van der Waals surface area contributed by atoms with E-state index in [1.807, 2.05) is 48.0 Å². The van der Waals surface area contributed by atoms with E-state index in [1.54, 1.807) is 17.4 Å². The lowest BCUT2D eigenvalue weighted by atomic mass is 9.93. The normalized spacial score (nSPS) is 16.1. The topological polar surface area (TPSA) is 20.3 Å². The Hall–Kier alpha value is -1.58. The quantitative estimate of drug-likeness (QED) is 0.719. The minimum atomic E-state index is -0.178. The Morgan fingerprint density at radius 3 is 2.43 bits per heavy atom. The molecule has 1 aliphatic heterocycles. The number of carbonyl (C=O) groups is 1. The second-order valence-electron chi connectivity index (χ2n) is 5.67. The van der Waals surface area contributed by atoms with Gasteiger partial charge in [0.15, 0.2) is 5.78 Å². The smallest absolute Gasteiger partial charge is 0.169 e. The first-order valence-electron chi connectivity index (χ1n) is 7.89. The van der Waals surface area contributed by atoms with Crippen molar-refractivity contribution in [3.8, 4) is 0 Å². The molecule has 0 aliphatic carbocycles. The second-order valence-corrected chi connectivity index (χ2v) is 6.65. The van der Waals surface area contributed by atoms with Gasteiger partial charge in [-0.15, -0.1) is 23.7 Å². The van der Waals surface area contributed by atoms with Crippen molar-refractivity contribution in [3.05, 3.63) is 70.6 Å². The molecule has 1 saturated heterocycles. The maximum atomic E-state index is 12.8. The van der Waals surface area contributed by atoms with Crippen LogP contribution in [-0.2, 0) is 4.79 Å². The Labute approximate surface area is 148 Å². The van der Waals surface area contributed by atoms with Crippen LogP contribution in [0, 0.1) is 0 Å². The van der Waals surface area contributed by atoms with E-state index in [2.05, 4.69) is 11.0 Å². The molecule has 0 bridgehead atoms. The fraction of sp³-hybridized carbons (Fsp3) is 0.316. The number of piperidine rings is 1. The SMILES string of the molecule is Cl.O=C(/C=C\N1CCCCC1)C(c1ccccc1)c1cccs1. The maximum absolute atomic E-state index is 12.8. The first-order valence-corrected chi connectivity index (χ1v) is 8.77. The van der Waals surface area contributed by atoms with Crippen LogP contribution in [0.2, 0.25) is 0 Å². The Bertz CT molecular complexity index is 618. The number of halogens is 1. The van der Waals surface area contributed by atoms with Crippen LogP contribution in [0.5, 0.6) is 0 Å². The molecular formula is C19H22ClNOS. The largest absolute Gasteiger partial charge is 0.377 e. The van der Waals surface area contributed by atoms with Crippen LogP contribution in [0.15, 0.2) is 60.1 Å². The van der Waals surface area contributed by atoms with Crippen LogP contribution < -0.4 is 0 Å². The number of carbonyl (C=O) groups excluding carboxylic acids is 1. The fourth-order valence-electron chi connectivity index (χ4n) is 2.91. The molecule has 2 nitrogen and oxygen atoms in total. The number of ketones is 1. The van der Waals surface area contributed by atoms with E-state index in [4.69, 9.17) is 0 Å². The highest BCUT2D eigenvalue weighted by Crippen LogP contribution is 2.29. The molecule has 1 aromatic heterocycles. The van der Waals surface area contributed by atoms with Crippen LogP contribution in [-0.4, -0.2) is 23.8 Å². The lowest BCUT2D eigenvalue weighted by Crippen LogP contribution is -2.24. The summed E-state index contributed by atoms with van der Waals surface area (Å²) in [6, 6.07) is 14.1. The average Bonchev–Trinajstić information content (AvgIpc) is 3.09. The number of benzene rings is 1. The van der Waals surface area contributed by atoms with Crippen molar-refractivity contribution in [1.82, 2.24) is 4.90 Å². The summed E-state index contributed by atoms with van der Waals surface area (Å²) in [4.78, 5) is 16.2. The van der Waals surface area contributed by atoms with Gasteiger partial charge in [0.25, 0.3) is 0 Å². The predicted molar refractivity (Wildman–Crippen MR) is 99.4 cm³/mol. The van der Waals surface area contributed by atoms with Crippen molar-refractivity contribution in [2.45, 2.75) is 25.2 Å². The summed E-state index contributed by atoms with van der Waals surface area (Å²) >= 11 is 1.65. The van der Waals surface area contributed by atoms with Crippen molar-refractivity contribution >= 4 is 29.5 Å². The summed E-state index contributed by atoms with van der Waals surface area (Å²) in [7, 11) is 0. The molecule has 0 N–H and O–H groups in total. The van der Waals surface area contributed by atoms with E-state index >= 15 is 0 Å². The van der Waals surface area contributed by atoms with Gasteiger partial charge in [0.1, 0.15) is 0 Å². The molecule has 122 valence electrons. The molecule has 4 heteroatoms. The molecule has 1 aliphatic rings. The van der Waals surface area contributed by atoms with Crippen molar-refractivity contribution < 1.29 is 4.79 Å². The molecule has 2 heterocycles. The summed E-state index contributed by atoms with van der Waals surface area (Å²) in [5.74, 6) is -0.0125. The first-order chi connectivity index (χ1) is 10.8. The number of hydrogen-bond donors (Lipinski definition) is 0. The molecule has 1 atom stereocenters. The van der Waals surface area contributed by atoms with Gasteiger partial charge in [0, 0.05) is 24.2 Å². The van der Waals surface area contributed by atoms with Gasteiger partial charge in [-0.1, -0.05) is 36.4 Å². The zero-order chi connectivity index (χ0) is 15.2. The molecule has 0 radical (unpaired) electrons. The van der Waals surface area contributed by atoms with E-state index in [0.717, 1.165) is 23.5 Å². The molecule has 23 heavy (non-hydrogen) atoms. The van der Waals surface area contributed by atoms with E-state index in [-0.39, 0.29) is 24.1 Å². The van der Waals surface area contributed by atoms with Gasteiger partial charge in [0.2, 0.25) is 0 Å². The Morgan fingerprint density at radius 2 is 1.78 bits per heavy atom. The van der Waals surface area contributed by atoms with Gasteiger partial charge in [-0.3, -0.25) is 4.79 Å². The minimum absolute atomic E-state index is 0. The number of nitrogens with zero attached hydrogens (tertiary/aromatic N) is 1. The number of thiophene rings is 1. The number of hydrogen-bond acceptors (Lipinski definition) is 3. The average molecular weight is 348 g/mol. The monoisotopic (exact) mass is 347 g/mol. The molecule has 2 aromatic rings. The molecule has 1 fully saturated rings. The van der Waals surface area contributed by atoms with Crippen LogP contribution in [0.25, 0.3) is 0 Å². The van der Waals surface area contributed by atoms with Crippen LogP contribution in [0.4, 0.5) is 0 Å². The first kappa shape index (κ1) is 17.8. The van der Waals surface area contributed by atoms with Crippen LogP contribution >= 0.6 is 23.7 Å². The van der Waals surface area contributed by atoms with E-state index in [0.29, 0.717) is 0 Å². The highest BCUT2D eigenvalue weighted by molar-refractivity contribution is 7.10. The van der Waals surface area contributed by atoms with Crippen molar-refractivity contribution in [3.63, 3.8) is 0 Å². The number of allylic oxidation sites excluding steroid dienone is 1. The standard InChI is InChI=1S/C19H21NOS.ClH/c21-17(11-14-20-12-5-2-6-13-20)19(18-10-7-15-22-18)16-8-3-1-4-9-16;/h1,3-4,7-11,14-15,19H,2,5-6,12-13H2;1H/b14-11-;. The lowest BCUT2D eigenvalue weighted by molar-refractivity contribution is -0.115. The third-order valence-electron chi connectivity index (χ3n) is 4.09. The van der Waals surface area contributed by atoms with Crippen LogP contribution in [0.3, 0.4) is 0 Å². The van der Waals surface area contributed by atoms with E-state index in [1.165, 1.54) is 19.3 Å². The minimum Gasteiger partial charge on any atom is -0.377 e. The maximum Gasteiger partial charge on any atom is 0.169 e. The summed E-state index contributed by atoms with van der Waals surface area (Å²) in [5.41, 5.74) is 1.07. The van der Waals surface area contributed by atoms with Gasteiger partial charge in [-0.05, 0) is 42.3 Å². The molecule has 0 spiro atoms. The van der Waals surface area contributed by atoms with Crippen LogP contribution in [0.1, 0.15) is 35.6 Å². The molecule has 0 amide bonds. The molecule has 1 unspecified atom stereocenters. The third kappa shape index (κ3) is 4.69. The third-order valence-corrected chi connectivity index (χ3v) is 5.02. The number of rotatable bonds is 5. The van der Waals surface area contributed by atoms with Gasteiger partial charge >= 0.3 is 0 Å².